The Morgan fingerprint density at radius 2 is 1.81 bits per heavy atom. The van der Waals surface area contributed by atoms with Gasteiger partial charge in [-0.25, -0.2) is 0 Å². The van der Waals surface area contributed by atoms with Crippen molar-refractivity contribution in [2.75, 3.05) is 11.9 Å². The highest BCUT2D eigenvalue weighted by atomic mass is 19.4. The molecule has 0 bridgehead atoms. The Kier molecular flexibility index (Phi) is 6.08. The predicted molar refractivity (Wildman–Crippen MR) is 81.6 cm³/mol. The topological polar surface area (TPSA) is 15.3 Å². The van der Waals surface area contributed by atoms with E-state index in [1.807, 2.05) is 39.6 Å². The normalized spacial score (nSPS) is 13.6. The first-order valence-electron chi connectivity index (χ1n) is 7.33. The van der Waals surface area contributed by atoms with Gasteiger partial charge < -0.3 is 10.2 Å². The van der Waals surface area contributed by atoms with Crippen molar-refractivity contribution in [1.82, 2.24) is 5.32 Å². The van der Waals surface area contributed by atoms with Gasteiger partial charge in [0.2, 0.25) is 0 Å². The van der Waals surface area contributed by atoms with E-state index in [1.54, 1.807) is 12.1 Å². The molecule has 1 aromatic carbocycles. The van der Waals surface area contributed by atoms with Crippen LogP contribution in [0.5, 0.6) is 0 Å². The highest BCUT2D eigenvalue weighted by molar-refractivity contribution is 5.52. The van der Waals surface area contributed by atoms with Gasteiger partial charge in [-0.3, -0.25) is 0 Å². The number of alkyl halides is 3. The fraction of sp³-hybridized carbons (Fsp3) is 0.625. The third-order valence-corrected chi connectivity index (χ3v) is 3.76. The van der Waals surface area contributed by atoms with Crippen LogP contribution in [0.3, 0.4) is 0 Å². The van der Waals surface area contributed by atoms with Gasteiger partial charge in [0.25, 0.3) is 0 Å². The van der Waals surface area contributed by atoms with Gasteiger partial charge in [0.05, 0.1) is 5.56 Å². The highest BCUT2D eigenvalue weighted by Gasteiger charge is 2.33. The SMILES string of the molecule is CCC(C)N(C)c1ccc(CNC(C)C)c(C(F)(F)F)c1. The van der Waals surface area contributed by atoms with Crippen LogP contribution in [0.15, 0.2) is 18.2 Å². The minimum atomic E-state index is -4.33. The van der Waals surface area contributed by atoms with Crippen LogP contribution in [0.2, 0.25) is 0 Å². The maximum absolute atomic E-state index is 13.3. The summed E-state index contributed by atoms with van der Waals surface area (Å²) in [7, 11) is 1.83. The summed E-state index contributed by atoms with van der Waals surface area (Å²) in [6.45, 7) is 8.07. The van der Waals surface area contributed by atoms with Gasteiger partial charge in [0.15, 0.2) is 0 Å². The molecule has 1 unspecified atom stereocenters. The minimum Gasteiger partial charge on any atom is -0.372 e. The second-order valence-electron chi connectivity index (χ2n) is 5.74. The molecule has 1 atom stereocenters. The first-order chi connectivity index (χ1) is 9.66. The van der Waals surface area contributed by atoms with Crippen LogP contribution in [-0.4, -0.2) is 19.1 Å². The molecule has 0 saturated carbocycles. The third kappa shape index (κ3) is 4.92. The van der Waals surface area contributed by atoms with Crippen molar-refractivity contribution < 1.29 is 13.2 Å². The Morgan fingerprint density at radius 3 is 2.29 bits per heavy atom. The van der Waals surface area contributed by atoms with Crippen LogP contribution in [0, 0.1) is 0 Å². The average molecular weight is 302 g/mol. The summed E-state index contributed by atoms with van der Waals surface area (Å²) in [6.07, 6.45) is -3.45. The number of hydrogen-bond acceptors (Lipinski definition) is 2. The molecule has 1 N–H and O–H groups in total. The lowest BCUT2D eigenvalue weighted by Gasteiger charge is -2.27. The van der Waals surface area contributed by atoms with E-state index in [-0.39, 0.29) is 24.2 Å². The second-order valence-corrected chi connectivity index (χ2v) is 5.74. The average Bonchev–Trinajstić information content (AvgIpc) is 2.42. The number of benzene rings is 1. The standard InChI is InChI=1S/C16H25F3N2/c1-6-12(4)21(5)14-8-7-13(10-20-11(2)3)15(9-14)16(17,18)19/h7-9,11-12,20H,6,10H2,1-5H3. The lowest BCUT2D eigenvalue weighted by Crippen LogP contribution is -2.29. The van der Waals surface area contributed by atoms with Crippen molar-refractivity contribution in [3.8, 4) is 0 Å². The van der Waals surface area contributed by atoms with E-state index in [0.717, 1.165) is 6.42 Å². The first-order valence-corrected chi connectivity index (χ1v) is 7.33. The smallest absolute Gasteiger partial charge is 0.372 e. The van der Waals surface area contributed by atoms with Crippen LogP contribution in [-0.2, 0) is 12.7 Å². The van der Waals surface area contributed by atoms with E-state index >= 15 is 0 Å². The van der Waals surface area contributed by atoms with Crippen LogP contribution in [0.1, 0.15) is 45.2 Å². The van der Waals surface area contributed by atoms with E-state index in [2.05, 4.69) is 5.32 Å². The lowest BCUT2D eigenvalue weighted by molar-refractivity contribution is -0.138. The molecule has 1 aromatic rings. The summed E-state index contributed by atoms with van der Waals surface area (Å²) in [5.74, 6) is 0. The van der Waals surface area contributed by atoms with Gasteiger partial charge in [-0.2, -0.15) is 13.2 Å². The van der Waals surface area contributed by atoms with Crippen LogP contribution < -0.4 is 10.2 Å². The van der Waals surface area contributed by atoms with E-state index in [0.29, 0.717) is 5.69 Å². The quantitative estimate of drug-likeness (QED) is 0.836. The first kappa shape index (κ1) is 17.8. The molecule has 0 radical (unpaired) electrons. The number of hydrogen-bond donors (Lipinski definition) is 1. The maximum Gasteiger partial charge on any atom is 0.416 e. The second kappa shape index (κ2) is 7.16. The molecule has 0 saturated heterocycles. The number of halogens is 3. The number of rotatable bonds is 6. The fourth-order valence-electron chi connectivity index (χ4n) is 2.04. The Bertz CT molecular complexity index is 455. The van der Waals surface area contributed by atoms with Crippen LogP contribution >= 0.6 is 0 Å². The molecule has 120 valence electrons. The van der Waals surface area contributed by atoms with Crippen molar-refractivity contribution in [3.05, 3.63) is 29.3 Å². The molecule has 1 rings (SSSR count). The number of nitrogens with one attached hydrogen (secondary N) is 1. The molecule has 0 amide bonds. The van der Waals surface area contributed by atoms with Gasteiger partial charge in [-0.1, -0.05) is 26.8 Å². The largest absolute Gasteiger partial charge is 0.416 e. The van der Waals surface area contributed by atoms with Crippen LogP contribution in [0.25, 0.3) is 0 Å². The molecule has 0 fully saturated rings. The molecule has 5 heteroatoms. The molecule has 0 spiro atoms. The highest BCUT2D eigenvalue weighted by Crippen LogP contribution is 2.35. The predicted octanol–water partition coefficient (Wildman–Crippen LogP) is 4.44. The summed E-state index contributed by atoms with van der Waals surface area (Å²) < 4.78 is 39.8. The van der Waals surface area contributed by atoms with Crippen molar-refractivity contribution >= 4 is 5.69 Å². The fourth-order valence-corrected chi connectivity index (χ4v) is 2.04. The summed E-state index contributed by atoms with van der Waals surface area (Å²) in [5.41, 5.74) is 0.339. The zero-order chi connectivity index (χ0) is 16.2. The Balaban J connectivity index is 3.13. The number of anilines is 1. The molecule has 0 aliphatic carbocycles. The summed E-state index contributed by atoms with van der Waals surface area (Å²) in [5, 5.41) is 3.04. The van der Waals surface area contributed by atoms with E-state index in [1.165, 1.54) is 6.07 Å². The molecule has 21 heavy (non-hydrogen) atoms. The van der Waals surface area contributed by atoms with Gasteiger partial charge in [-0.15, -0.1) is 0 Å². The Morgan fingerprint density at radius 1 is 1.19 bits per heavy atom. The lowest BCUT2D eigenvalue weighted by atomic mass is 10.0. The minimum absolute atomic E-state index is 0.147. The molecule has 0 aromatic heterocycles. The molecule has 0 aliphatic heterocycles. The van der Waals surface area contributed by atoms with Crippen molar-refractivity contribution in [1.29, 1.82) is 0 Å². The monoisotopic (exact) mass is 302 g/mol. The molecule has 0 aliphatic rings. The van der Waals surface area contributed by atoms with Gasteiger partial charge in [0.1, 0.15) is 0 Å². The molecular formula is C16H25F3N2. The molecule has 2 nitrogen and oxygen atoms in total. The molecular weight excluding hydrogens is 277 g/mol. The van der Waals surface area contributed by atoms with Crippen molar-refractivity contribution in [2.45, 2.75) is 58.9 Å². The summed E-state index contributed by atoms with van der Waals surface area (Å²) >= 11 is 0. The third-order valence-electron chi connectivity index (χ3n) is 3.76. The Hall–Kier alpha value is -1.23. The van der Waals surface area contributed by atoms with Crippen LogP contribution in [0.4, 0.5) is 18.9 Å². The van der Waals surface area contributed by atoms with Gasteiger partial charge >= 0.3 is 6.18 Å². The van der Waals surface area contributed by atoms with Crippen molar-refractivity contribution in [2.24, 2.45) is 0 Å². The zero-order valence-corrected chi connectivity index (χ0v) is 13.4. The van der Waals surface area contributed by atoms with Gasteiger partial charge in [0, 0.05) is 31.4 Å². The van der Waals surface area contributed by atoms with E-state index in [9.17, 15) is 13.2 Å². The maximum atomic E-state index is 13.3. The van der Waals surface area contributed by atoms with Gasteiger partial charge in [-0.05, 0) is 31.0 Å². The van der Waals surface area contributed by atoms with E-state index in [4.69, 9.17) is 0 Å². The summed E-state index contributed by atoms with van der Waals surface area (Å²) in [6, 6.07) is 4.94. The van der Waals surface area contributed by atoms with E-state index < -0.39 is 11.7 Å². The Labute approximate surface area is 125 Å². The van der Waals surface area contributed by atoms with Crippen molar-refractivity contribution in [3.63, 3.8) is 0 Å². The number of nitrogens with zero attached hydrogens (tertiary/aromatic N) is 1. The molecule has 0 heterocycles. The summed E-state index contributed by atoms with van der Waals surface area (Å²) in [4.78, 5) is 1.88. The zero-order valence-electron chi connectivity index (χ0n) is 13.4.